The average molecular weight is 832 g/mol. The van der Waals surface area contributed by atoms with Crippen molar-refractivity contribution in [2.45, 2.75) is 50.9 Å². The van der Waals surface area contributed by atoms with Gasteiger partial charge in [-0.3, -0.25) is 0 Å². The molecule has 0 saturated heterocycles. The molecule has 0 aliphatic carbocycles. The van der Waals surface area contributed by atoms with E-state index in [4.69, 9.17) is 11.0 Å². The van der Waals surface area contributed by atoms with Crippen LogP contribution in [0.4, 0.5) is 0 Å². The van der Waals surface area contributed by atoms with E-state index in [-0.39, 0.29) is 12.0 Å². The van der Waals surface area contributed by atoms with Crippen molar-refractivity contribution in [3.05, 3.63) is 200 Å². The Hall–Kier alpha value is -7.08. The molecule has 2 atom stereocenters. The lowest BCUT2D eigenvalue weighted by Crippen LogP contribution is -2.53. The molecule has 63 heavy (non-hydrogen) atoms. The molecule has 2 unspecified atom stereocenters. The predicted molar refractivity (Wildman–Crippen MR) is 262 cm³/mol. The summed E-state index contributed by atoms with van der Waals surface area (Å²) in [5, 5.41) is 3.72. The van der Waals surface area contributed by atoms with Gasteiger partial charge in [0.05, 0.1) is 14.5 Å². The molecule has 5 heteroatoms. The number of aromatic nitrogens is 3. The van der Waals surface area contributed by atoms with E-state index in [2.05, 4.69) is 215 Å². The Bertz CT molecular complexity index is 3390. The molecule has 0 fully saturated rings. The molecule has 10 aromatic rings. The highest BCUT2D eigenvalue weighted by Gasteiger charge is 2.45. The van der Waals surface area contributed by atoms with Gasteiger partial charge in [0.2, 0.25) is 5.69 Å². The van der Waals surface area contributed by atoms with Gasteiger partial charge in [-0.05, 0) is 59.4 Å². The van der Waals surface area contributed by atoms with E-state index in [1.54, 1.807) is 0 Å². The first-order chi connectivity index (χ1) is 30.8. The van der Waals surface area contributed by atoms with E-state index in [1.165, 1.54) is 27.6 Å². The Morgan fingerprint density at radius 1 is 0.635 bits per heavy atom. The molecule has 0 spiro atoms. The Morgan fingerprint density at radius 2 is 1.30 bits per heavy atom. The number of aryl methyl sites for hydroxylation is 1. The van der Waals surface area contributed by atoms with Gasteiger partial charge in [-0.1, -0.05) is 172 Å². The first-order valence-corrected chi connectivity index (χ1v) is 25.9. The predicted octanol–water partition coefficient (Wildman–Crippen LogP) is 13.5. The summed E-state index contributed by atoms with van der Waals surface area (Å²) >= 11 is 0. The van der Waals surface area contributed by atoms with Crippen LogP contribution >= 0.6 is 0 Å². The Labute approximate surface area is 369 Å². The van der Waals surface area contributed by atoms with Crippen molar-refractivity contribution < 1.29 is 13.6 Å². The minimum Gasteiger partial charge on any atom is -0.455 e. The maximum absolute atomic E-state index is 7.13. The fraction of sp³-hybridized carbons (Fsp3) is 0.138. The van der Waals surface area contributed by atoms with Gasteiger partial charge in [0, 0.05) is 44.6 Å². The summed E-state index contributed by atoms with van der Waals surface area (Å²) in [6, 6.07) is 64.8. The molecular formula is C58H49N3OSi+2. The minimum absolute atomic E-state index is 0.161. The number of rotatable bonds is 4. The van der Waals surface area contributed by atoms with Gasteiger partial charge in [-0.2, -0.15) is 13.7 Å². The smallest absolute Gasteiger partial charge is 0.304 e. The zero-order chi connectivity index (χ0) is 42.4. The lowest BCUT2D eigenvalue weighted by molar-refractivity contribution is -0.719. The number of allylic oxidation sites excluding steroid dienone is 1. The second-order valence-corrected chi connectivity index (χ2v) is 23.6. The SMILES string of the molecule is C=C1CC2C(CCc3ccc4c(oc5ccccc54)c3-c3n(-c4c(-c5ccccc5)cccc4-c4ccccc4)c4ccccc4[n+]31)c1ccccc1-c1ccc([Si](C)(C)C)c[n+]12. The van der Waals surface area contributed by atoms with Crippen LogP contribution in [-0.4, -0.2) is 12.6 Å². The fourth-order valence-electron chi connectivity index (χ4n) is 10.9. The molecule has 0 saturated carbocycles. The number of furan rings is 1. The fourth-order valence-corrected chi connectivity index (χ4v) is 12.0. The molecule has 12 rings (SSSR count). The monoisotopic (exact) mass is 831 g/mol. The molecule has 7 aromatic carbocycles. The van der Waals surface area contributed by atoms with Crippen LogP contribution in [0.5, 0.6) is 0 Å². The number of nitrogens with zero attached hydrogens (tertiary/aromatic N) is 3. The van der Waals surface area contributed by atoms with E-state index in [9.17, 15) is 0 Å². The van der Waals surface area contributed by atoms with Crippen LogP contribution in [0.3, 0.4) is 0 Å². The van der Waals surface area contributed by atoms with Crippen LogP contribution in [-0.2, 0) is 6.42 Å². The van der Waals surface area contributed by atoms with Crippen molar-refractivity contribution in [3.63, 3.8) is 0 Å². The van der Waals surface area contributed by atoms with Gasteiger partial charge in [0.25, 0.3) is 0 Å². The summed E-state index contributed by atoms with van der Waals surface area (Å²) in [7, 11) is -1.64. The lowest BCUT2D eigenvalue weighted by atomic mass is 9.77. The summed E-state index contributed by atoms with van der Waals surface area (Å²) in [5.74, 6) is 1.34. The quantitative estimate of drug-likeness (QED) is 0.128. The minimum atomic E-state index is -1.64. The van der Waals surface area contributed by atoms with Crippen molar-refractivity contribution in [1.29, 1.82) is 0 Å². The zero-order valence-corrected chi connectivity index (χ0v) is 37.1. The number of para-hydroxylation sites is 4. The molecule has 3 aromatic heterocycles. The highest BCUT2D eigenvalue weighted by atomic mass is 28.3. The number of benzene rings is 7. The standard InChI is InChI=1S/C58H49N3OSi/c1-38-36-53-47(45-22-11-12-23-46(45)50-35-32-42(37-59(50)53)63(2,3)4)33-30-41-31-34-49-48-24-13-16-29-54(48)62-57(49)55(41)58-60(38)51-27-14-15-28-52(51)61(58)56-43(39-18-7-5-8-19-39)25-17-26-44(56)40-20-9-6-10-21-40/h5-29,31-32,34-35,37,47,53H,1,30,33,36H2,2-4H3/q+2. The number of hydrogen-bond donors (Lipinski definition) is 0. The lowest BCUT2D eigenvalue weighted by Gasteiger charge is -2.32. The second kappa shape index (κ2) is 14.5. The van der Waals surface area contributed by atoms with E-state index >= 15 is 0 Å². The maximum atomic E-state index is 7.13. The van der Waals surface area contributed by atoms with E-state index in [1.807, 2.05) is 0 Å². The topological polar surface area (TPSA) is 25.8 Å². The van der Waals surface area contributed by atoms with Crippen molar-refractivity contribution in [2.24, 2.45) is 0 Å². The number of hydrogen-bond acceptors (Lipinski definition) is 1. The molecule has 304 valence electrons. The van der Waals surface area contributed by atoms with Gasteiger partial charge in [0.1, 0.15) is 22.5 Å². The van der Waals surface area contributed by atoms with Gasteiger partial charge in [-0.15, -0.1) is 0 Å². The molecular weight excluding hydrogens is 783 g/mol. The van der Waals surface area contributed by atoms with Crippen LogP contribution in [0.1, 0.15) is 35.9 Å². The third-order valence-corrected chi connectivity index (χ3v) is 15.9. The number of fused-ring (bicyclic) bond motifs is 15. The molecule has 4 nitrogen and oxygen atoms in total. The zero-order valence-electron chi connectivity index (χ0n) is 36.1. The summed E-state index contributed by atoms with van der Waals surface area (Å²) < 4.78 is 14.8. The molecule has 0 radical (unpaired) electrons. The van der Waals surface area contributed by atoms with Crippen LogP contribution < -0.4 is 14.3 Å². The van der Waals surface area contributed by atoms with Gasteiger partial charge in [-0.25, -0.2) is 0 Å². The highest BCUT2D eigenvalue weighted by Crippen LogP contribution is 2.48. The summed E-state index contributed by atoms with van der Waals surface area (Å²) in [4.78, 5) is 0. The first kappa shape index (κ1) is 37.7. The molecule has 0 N–H and O–H groups in total. The third kappa shape index (κ3) is 5.94. The van der Waals surface area contributed by atoms with Crippen molar-refractivity contribution in [2.75, 3.05) is 0 Å². The molecule has 0 amide bonds. The Balaban J connectivity index is 1.22. The molecule has 0 bridgehead atoms. The van der Waals surface area contributed by atoms with E-state index < -0.39 is 8.07 Å². The average Bonchev–Trinajstić information content (AvgIpc) is 3.87. The first-order valence-electron chi connectivity index (χ1n) is 22.4. The van der Waals surface area contributed by atoms with Gasteiger partial charge in [0.15, 0.2) is 28.9 Å². The number of imidazole rings is 1. The van der Waals surface area contributed by atoms with Crippen LogP contribution in [0.2, 0.25) is 19.6 Å². The van der Waals surface area contributed by atoms with Crippen LogP contribution in [0.15, 0.2) is 193 Å². The Kier molecular flexibility index (Phi) is 8.67. The normalized spacial score (nSPS) is 16.0. The van der Waals surface area contributed by atoms with Crippen LogP contribution in [0, 0.1) is 0 Å². The Morgan fingerprint density at radius 3 is 2.06 bits per heavy atom. The molecule has 5 heterocycles. The number of pyridine rings is 1. The molecule has 2 aliphatic rings. The van der Waals surface area contributed by atoms with Crippen molar-refractivity contribution >= 4 is 51.9 Å². The van der Waals surface area contributed by atoms with Gasteiger partial charge < -0.3 is 4.42 Å². The third-order valence-electron chi connectivity index (χ3n) is 13.9. The van der Waals surface area contributed by atoms with E-state index in [0.717, 1.165) is 97.3 Å². The van der Waals surface area contributed by atoms with Crippen molar-refractivity contribution in [3.8, 4) is 50.6 Å². The van der Waals surface area contributed by atoms with E-state index in [0.29, 0.717) is 0 Å². The summed E-state index contributed by atoms with van der Waals surface area (Å²) in [6.07, 6.45) is 5.14. The maximum Gasteiger partial charge on any atom is 0.304 e. The van der Waals surface area contributed by atoms with Crippen molar-refractivity contribution in [1.82, 2.24) is 4.57 Å². The molecule has 2 aliphatic heterocycles. The summed E-state index contributed by atoms with van der Waals surface area (Å²) in [5.41, 5.74) is 17.4. The summed E-state index contributed by atoms with van der Waals surface area (Å²) in [6.45, 7) is 12.5. The highest BCUT2D eigenvalue weighted by molar-refractivity contribution is 6.88. The second-order valence-electron chi connectivity index (χ2n) is 18.5. The largest absolute Gasteiger partial charge is 0.455 e. The van der Waals surface area contributed by atoms with Gasteiger partial charge >= 0.3 is 5.82 Å². The van der Waals surface area contributed by atoms with Crippen LogP contribution in [0.25, 0.3) is 89.3 Å².